The average Bonchev–Trinajstić information content (AvgIpc) is 2.78. The molecule has 0 fully saturated rings. The zero-order chi connectivity index (χ0) is 12.3. The van der Waals surface area contributed by atoms with Crippen molar-refractivity contribution in [1.29, 1.82) is 0 Å². The van der Waals surface area contributed by atoms with E-state index in [9.17, 15) is 4.79 Å². The van der Waals surface area contributed by atoms with E-state index in [1.54, 1.807) is 0 Å². The van der Waals surface area contributed by atoms with Gasteiger partial charge in [0.05, 0.1) is 7.11 Å². The Hall–Kier alpha value is -1.47. The van der Waals surface area contributed by atoms with E-state index in [1.165, 1.54) is 18.4 Å². The molecule has 2 rings (SSSR count). The number of benzene rings is 1. The Morgan fingerprint density at radius 2 is 2.06 bits per heavy atom. The first-order valence-corrected chi connectivity index (χ1v) is 6.24. The van der Waals surface area contributed by atoms with E-state index in [0.717, 1.165) is 15.0 Å². The number of hydrogen-bond acceptors (Lipinski definition) is 5. The highest BCUT2D eigenvalue weighted by Crippen LogP contribution is 2.27. The second-order valence-electron chi connectivity index (χ2n) is 3.04. The van der Waals surface area contributed by atoms with Gasteiger partial charge in [0.25, 0.3) is 0 Å². The lowest BCUT2D eigenvalue weighted by molar-refractivity contribution is 0.187. The molecule has 0 spiro atoms. The van der Waals surface area contributed by atoms with Crippen LogP contribution in [0.1, 0.15) is 0 Å². The lowest BCUT2D eigenvalue weighted by Crippen LogP contribution is -2.10. The van der Waals surface area contributed by atoms with Crippen LogP contribution in [0, 0.1) is 0 Å². The topological polar surface area (TPSA) is 64.1 Å². The van der Waals surface area contributed by atoms with E-state index in [1.807, 2.05) is 24.3 Å². The van der Waals surface area contributed by atoms with Gasteiger partial charge in [-0.2, -0.15) is 0 Å². The maximum Gasteiger partial charge on any atom is 0.413 e. The smallest absolute Gasteiger partial charge is 0.413 e. The number of nitrogens with one attached hydrogen (secondary N) is 1. The van der Waals surface area contributed by atoms with Crippen molar-refractivity contribution in [3.05, 3.63) is 28.7 Å². The number of methoxy groups -OCH3 is 1. The molecule has 0 unspecified atom stereocenters. The molecule has 0 radical (unpaired) electrons. The summed E-state index contributed by atoms with van der Waals surface area (Å²) in [5.74, 6) is 0. The Bertz CT molecular complexity index is 527. The fourth-order valence-corrected chi connectivity index (χ4v) is 2.12. The summed E-state index contributed by atoms with van der Waals surface area (Å²) in [7, 11) is 1.30. The summed E-state index contributed by atoms with van der Waals surface area (Å²) >= 11 is 4.65. The third-order valence-electron chi connectivity index (χ3n) is 1.91. The van der Waals surface area contributed by atoms with Crippen LogP contribution in [0.3, 0.4) is 0 Å². The molecular formula is C10H8BrN3O2S. The molecule has 0 aliphatic carbocycles. The van der Waals surface area contributed by atoms with Gasteiger partial charge >= 0.3 is 6.09 Å². The minimum Gasteiger partial charge on any atom is -0.453 e. The first-order chi connectivity index (χ1) is 8.19. The molecule has 17 heavy (non-hydrogen) atoms. The molecular weight excluding hydrogens is 306 g/mol. The van der Waals surface area contributed by atoms with Crippen LogP contribution in [-0.4, -0.2) is 23.4 Å². The van der Waals surface area contributed by atoms with Gasteiger partial charge in [-0.1, -0.05) is 39.4 Å². The second-order valence-corrected chi connectivity index (χ2v) is 4.93. The number of carbonyl (C=O) groups excluding carboxylic acids is 1. The van der Waals surface area contributed by atoms with Crippen LogP contribution in [0.4, 0.5) is 9.93 Å². The molecule has 0 aliphatic heterocycles. The van der Waals surface area contributed by atoms with E-state index in [-0.39, 0.29) is 0 Å². The number of anilines is 1. The van der Waals surface area contributed by atoms with Crippen molar-refractivity contribution in [3.8, 4) is 10.6 Å². The number of ether oxygens (including phenoxy) is 1. The quantitative estimate of drug-likeness (QED) is 0.925. The molecule has 7 heteroatoms. The normalized spacial score (nSPS) is 10.0. The molecule has 1 aromatic carbocycles. The van der Waals surface area contributed by atoms with Crippen LogP contribution in [-0.2, 0) is 4.74 Å². The number of carbonyl (C=O) groups is 1. The van der Waals surface area contributed by atoms with Crippen LogP contribution < -0.4 is 5.32 Å². The van der Waals surface area contributed by atoms with E-state index in [4.69, 9.17) is 0 Å². The van der Waals surface area contributed by atoms with E-state index >= 15 is 0 Å². The summed E-state index contributed by atoms with van der Waals surface area (Å²) in [5, 5.41) is 11.5. The Morgan fingerprint density at radius 3 is 2.71 bits per heavy atom. The summed E-state index contributed by atoms with van der Waals surface area (Å²) in [6.07, 6.45) is -0.552. The third-order valence-corrected chi connectivity index (χ3v) is 3.33. The third kappa shape index (κ3) is 3.01. The van der Waals surface area contributed by atoms with Crippen molar-refractivity contribution >= 4 is 38.5 Å². The fraction of sp³-hybridized carbons (Fsp3) is 0.100. The zero-order valence-electron chi connectivity index (χ0n) is 8.81. The standard InChI is InChI=1S/C10H8BrN3O2S/c1-16-10(15)12-9-14-13-8(17-9)6-2-4-7(11)5-3-6/h2-5H,1H3,(H,12,14,15). The average molecular weight is 314 g/mol. The molecule has 0 bridgehead atoms. The maximum atomic E-state index is 11.0. The molecule has 5 nitrogen and oxygen atoms in total. The second kappa shape index (κ2) is 5.24. The molecule has 0 saturated heterocycles. The predicted octanol–water partition coefficient (Wildman–Crippen LogP) is 3.15. The van der Waals surface area contributed by atoms with Gasteiger partial charge < -0.3 is 4.74 Å². The molecule has 1 aromatic heterocycles. The Morgan fingerprint density at radius 1 is 1.35 bits per heavy atom. The van der Waals surface area contributed by atoms with Crippen molar-refractivity contribution in [2.45, 2.75) is 0 Å². The number of halogens is 1. The van der Waals surface area contributed by atoms with Gasteiger partial charge in [0.1, 0.15) is 5.01 Å². The summed E-state index contributed by atoms with van der Waals surface area (Å²) in [4.78, 5) is 11.0. The van der Waals surface area contributed by atoms with E-state index in [2.05, 4.69) is 36.2 Å². The number of nitrogens with zero attached hydrogens (tertiary/aromatic N) is 2. The lowest BCUT2D eigenvalue weighted by Gasteiger charge is -1.96. The Labute approximate surface area is 110 Å². The highest BCUT2D eigenvalue weighted by atomic mass is 79.9. The van der Waals surface area contributed by atoms with Crippen LogP contribution in [0.2, 0.25) is 0 Å². The molecule has 0 aliphatic rings. The SMILES string of the molecule is COC(=O)Nc1nnc(-c2ccc(Br)cc2)s1. The highest BCUT2D eigenvalue weighted by Gasteiger charge is 2.09. The fourth-order valence-electron chi connectivity index (χ4n) is 1.12. The van der Waals surface area contributed by atoms with Gasteiger partial charge in [0, 0.05) is 10.0 Å². The molecule has 1 N–H and O–H groups in total. The van der Waals surface area contributed by atoms with Gasteiger partial charge in [0.2, 0.25) is 5.13 Å². The first kappa shape index (κ1) is 12.0. The zero-order valence-corrected chi connectivity index (χ0v) is 11.2. The Balaban J connectivity index is 2.18. The van der Waals surface area contributed by atoms with E-state index < -0.39 is 6.09 Å². The number of aromatic nitrogens is 2. The predicted molar refractivity (Wildman–Crippen MR) is 69.1 cm³/mol. The Kier molecular flexibility index (Phi) is 3.70. The van der Waals surface area contributed by atoms with Crippen molar-refractivity contribution in [3.63, 3.8) is 0 Å². The van der Waals surface area contributed by atoms with Gasteiger partial charge in [-0.25, -0.2) is 4.79 Å². The number of amides is 1. The molecule has 2 aromatic rings. The molecule has 1 amide bonds. The number of hydrogen-bond donors (Lipinski definition) is 1. The molecule has 0 saturated carbocycles. The van der Waals surface area contributed by atoms with Crippen LogP contribution in [0.25, 0.3) is 10.6 Å². The molecule has 1 heterocycles. The van der Waals surface area contributed by atoms with Gasteiger partial charge in [-0.15, -0.1) is 10.2 Å². The van der Waals surface area contributed by atoms with Crippen molar-refractivity contribution in [2.24, 2.45) is 0 Å². The van der Waals surface area contributed by atoms with Crippen LogP contribution in [0.15, 0.2) is 28.7 Å². The first-order valence-electron chi connectivity index (χ1n) is 4.63. The van der Waals surface area contributed by atoms with Gasteiger partial charge in [0.15, 0.2) is 0 Å². The minimum atomic E-state index is -0.552. The van der Waals surface area contributed by atoms with Crippen molar-refractivity contribution in [2.75, 3.05) is 12.4 Å². The summed E-state index contributed by atoms with van der Waals surface area (Å²) in [6.45, 7) is 0. The largest absolute Gasteiger partial charge is 0.453 e. The summed E-state index contributed by atoms with van der Waals surface area (Å²) < 4.78 is 5.47. The van der Waals surface area contributed by atoms with Crippen molar-refractivity contribution < 1.29 is 9.53 Å². The van der Waals surface area contributed by atoms with Gasteiger partial charge in [-0.05, 0) is 12.1 Å². The highest BCUT2D eigenvalue weighted by molar-refractivity contribution is 9.10. The van der Waals surface area contributed by atoms with Crippen LogP contribution >= 0.6 is 27.3 Å². The lowest BCUT2D eigenvalue weighted by atomic mass is 10.2. The molecule has 88 valence electrons. The van der Waals surface area contributed by atoms with Gasteiger partial charge in [-0.3, -0.25) is 5.32 Å². The number of rotatable bonds is 2. The van der Waals surface area contributed by atoms with Crippen molar-refractivity contribution in [1.82, 2.24) is 10.2 Å². The van der Waals surface area contributed by atoms with E-state index in [0.29, 0.717) is 5.13 Å². The van der Waals surface area contributed by atoms with Crippen LogP contribution in [0.5, 0.6) is 0 Å². The summed E-state index contributed by atoms with van der Waals surface area (Å²) in [6, 6.07) is 7.69. The minimum absolute atomic E-state index is 0.412. The molecule has 0 atom stereocenters. The monoisotopic (exact) mass is 313 g/mol. The maximum absolute atomic E-state index is 11.0. The summed E-state index contributed by atoms with van der Waals surface area (Å²) in [5.41, 5.74) is 0.948.